The van der Waals surface area contributed by atoms with Crippen molar-refractivity contribution in [1.82, 2.24) is 0 Å². The molecule has 5 heteroatoms. The van der Waals surface area contributed by atoms with Gasteiger partial charge in [0, 0.05) is 15.8 Å². The molecule has 0 saturated carbocycles. The van der Waals surface area contributed by atoms with Gasteiger partial charge in [-0.2, -0.15) is 0 Å². The van der Waals surface area contributed by atoms with E-state index in [1.807, 2.05) is 26.0 Å². The van der Waals surface area contributed by atoms with Gasteiger partial charge in [0.2, 0.25) is 0 Å². The van der Waals surface area contributed by atoms with Crippen molar-refractivity contribution >= 4 is 33.2 Å². The Morgan fingerprint density at radius 3 is 2.57 bits per heavy atom. The van der Waals surface area contributed by atoms with Gasteiger partial charge in [0.1, 0.15) is 5.75 Å². The minimum atomic E-state index is -0.201. The van der Waals surface area contributed by atoms with Crippen LogP contribution in [0, 0.1) is 13.8 Å². The summed E-state index contributed by atoms with van der Waals surface area (Å²) in [5, 5.41) is 2.91. The summed E-state index contributed by atoms with van der Waals surface area (Å²) in [6.45, 7) is 3.82. The summed E-state index contributed by atoms with van der Waals surface area (Å²) >= 11 is 3.38. The van der Waals surface area contributed by atoms with Gasteiger partial charge in [0.15, 0.2) is 0 Å². The van der Waals surface area contributed by atoms with E-state index in [0.29, 0.717) is 21.5 Å². The van der Waals surface area contributed by atoms with Crippen molar-refractivity contribution in [3.8, 4) is 5.75 Å². The zero-order valence-corrected chi connectivity index (χ0v) is 13.7. The van der Waals surface area contributed by atoms with Crippen molar-refractivity contribution in [2.45, 2.75) is 13.8 Å². The molecule has 0 radical (unpaired) electrons. The molecule has 0 spiro atoms. The Hall–Kier alpha value is -2.01. The molecule has 2 aromatic carbocycles. The summed E-state index contributed by atoms with van der Waals surface area (Å²) in [5.41, 5.74) is 9.69. The highest BCUT2D eigenvalue weighted by molar-refractivity contribution is 9.10. The second-order valence-corrected chi connectivity index (χ2v) is 5.68. The Labute approximate surface area is 132 Å². The fraction of sp³-hybridized carbons (Fsp3) is 0.188. The molecule has 0 fully saturated rings. The molecular weight excluding hydrogens is 332 g/mol. The summed E-state index contributed by atoms with van der Waals surface area (Å²) in [5.74, 6) is 0.432. The number of methoxy groups -OCH3 is 1. The van der Waals surface area contributed by atoms with E-state index in [4.69, 9.17) is 10.5 Å². The lowest BCUT2D eigenvalue weighted by Gasteiger charge is -2.12. The minimum Gasteiger partial charge on any atom is -0.497 e. The number of ether oxygens (including phenoxy) is 1. The molecule has 21 heavy (non-hydrogen) atoms. The van der Waals surface area contributed by atoms with E-state index in [-0.39, 0.29) is 5.91 Å². The number of carbonyl (C=O) groups excluding carboxylic acids is 1. The monoisotopic (exact) mass is 348 g/mol. The first-order chi connectivity index (χ1) is 9.92. The largest absolute Gasteiger partial charge is 0.497 e. The van der Waals surface area contributed by atoms with Gasteiger partial charge < -0.3 is 15.8 Å². The molecule has 4 nitrogen and oxygen atoms in total. The highest BCUT2D eigenvalue weighted by Gasteiger charge is 2.13. The SMILES string of the molecule is COc1ccc(Br)c(C(=O)Nc2cc(C)c(N)cc2C)c1. The number of rotatable bonds is 3. The molecule has 2 aromatic rings. The molecule has 0 bridgehead atoms. The molecule has 2 rings (SSSR count). The van der Waals surface area contributed by atoms with Gasteiger partial charge in [0.05, 0.1) is 12.7 Å². The number of carbonyl (C=O) groups is 1. The van der Waals surface area contributed by atoms with E-state index >= 15 is 0 Å². The van der Waals surface area contributed by atoms with E-state index in [2.05, 4.69) is 21.2 Å². The number of halogens is 1. The fourth-order valence-electron chi connectivity index (χ4n) is 1.97. The van der Waals surface area contributed by atoms with Crippen LogP contribution < -0.4 is 15.8 Å². The zero-order chi connectivity index (χ0) is 15.6. The summed E-state index contributed by atoms with van der Waals surface area (Å²) in [7, 11) is 1.57. The molecule has 0 aliphatic heterocycles. The Morgan fingerprint density at radius 2 is 1.90 bits per heavy atom. The van der Waals surface area contributed by atoms with Crippen LogP contribution in [-0.4, -0.2) is 13.0 Å². The van der Waals surface area contributed by atoms with Crippen molar-refractivity contribution in [1.29, 1.82) is 0 Å². The van der Waals surface area contributed by atoms with Gasteiger partial charge in [-0.3, -0.25) is 4.79 Å². The Morgan fingerprint density at radius 1 is 1.19 bits per heavy atom. The molecular formula is C16H17BrN2O2. The molecule has 0 aromatic heterocycles. The van der Waals surface area contributed by atoms with Gasteiger partial charge >= 0.3 is 0 Å². The number of aryl methyl sites for hydroxylation is 2. The maximum atomic E-state index is 12.4. The normalized spacial score (nSPS) is 10.3. The molecule has 0 heterocycles. The second kappa shape index (κ2) is 6.18. The van der Waals surface area contributed by atoms with Crippen LogP contribution in [-0.2, 0) is 0 Å². The smallest absolute Gasteiger partial charge is 0.256 e. The van der Waals surface area contributed by atoms with Gasteiger partial charge in [-0.1, -0.05) is 0 Å². The van der Waals surface area contributed by atoms with Crippen LogP contribution in [0.1, 0.15) is 21.5 Å². The summed E-state index contributed by atoms with van der Waals surface area (Å²) in [6.07, 6.45) is 0. The standard InChI is InChI=1S/C16H17BrN2O2/c1-9-7-15(10(2)6-14(9)18)19-16(20)12-8-11(21-3)4-5-13(12)17/h4-8H,18H2,1-3H3,(H,19,20). The summed E-state index contributed by atoms with van der Waals surface area (Å²) in [6, 6.07) is 9.00. The van der Waals surface area contributed by atoms with Crippen LogP contribution in [0.3, 0.4) is 0 Å². The highest BCUT2D eigenvalue weighted by Crippen LogP contribution is 2.26. The predicted molar refractivity (Wildman–Crippen MR) is 89.0 cm³/mol. The fourth-order valence-corrected chi connectivity index (χ4v) is 2.39. The first kappa shape index (κ1) is 15.4. The predicted octanol–water partition coefficient (Wildman–Crippen LogP) is 3.91. The van der Waals surface area contributed by atoms with Crippen LogP contribution in [0.4, 0.5) is 11.4 Å². The third-order valence-electron chi connectivity index (χ3n) is 3.28. The number of benzene rings is 2. The van der Waals surface area contributed by atoms with Crippen molar-refractivity contribution in [2.24, 2.45) is 0 Å². The van der Waals surface area contributed by atoms with Gasteiger partial charge in [-0.15, -0.1) is 0 Å². The Kier molecular flexibility index (Phi) is 4.53. The van der Waals surface area contributed by atoms with Crippen molar-refractivity contribution in [3.63, 3.8) is 0 Å². The Bertz CT molecular complexity index is 699. The highest BCUT2D eigenvalue weighted by atomic mass is 79.9. The Balaban J connectivity index is 2.32. The molecule has 0 saturated heterocycles. The topological polar surface area (TPSA) is 64.3 Å². The van der Waals surface area contributed by atoms with Crippen molar-refractivity contribution in [2.75, 3.05) is 18.2 Å². The van der Waals surface area contributed by atoms with Gasteiger partial charge in [-0.25, -0.2) is 0 Å². The number of nitrogen functional groups attached to an aromatic ring is 1. The minimum absolute atomic E-state index is 0.201. The summed E-state index contributed by atoms with van der Waals surface area (Å²) in [4.78, 5) is 12.4. The molecule has 0 aliphatic rings. The van der Waals surface area contributed by atoms with E-state index in [9.17, 15) is 4.79 Å². The van der Waals surface area contributed by atoms with E-state index < -0.39 is 0 Å². The quantitative estimate of drug-likeness (QED) is 0.826. The number of hydrogen-bond acceptors (Lipinski definition) is 3. The van der Waals surface area contributed by atoms with Gasteiger partial charge in [0.25, 0.3) is 5.91 Å². The van der Waals surface area contributed by atoms with E-state index in [1.165, 1.54) is 0 Å². The zero-order valence-electron chi connectivity index (χ0n) is 12.2. The molecule has 0 aliphatic carbocycles. The molecule has 0 unspecified atom stereocenters. The van der Waals surface area contributed by atoms with Crippen molar-refractivity contribution in [3.05, 3.63) is 51.5 Å². The van der Waals surface area contributed by atoms with E-state index in [1.54, 1.807) is 25.3 Å². The summed E-state index contributed by atoms with van der Waals surface area (Å²) < 4.78 is 5.86. The van der Waals surface area contributed by atoms with Crippen LogP contribution in [0.25, 0.3) is 0 Å². The average Bonchev–Trinajstić information content (AvgIpc) is 2.45. The van der Waals surface area contributed by atoms with E-state index in [0.717, 1.165) is 16.8 Å². The van der Waals surface area contributed by atoms with Gasteiger partial charge in [-0.05, 0) is 71.2 Å². The van der Waals surface area contributed by atoms with Crippen molar-refractivity contribution < 1.29 is 9.53 Å². The second-order valence-electron chi connectivity index (χ2n) is 4.82. The lowest BCUT2D eigenvalue weighted by molar-refractivity contribution is 0.102. The number of anilines is 2. The number of nitrogens with two attached hydrogens (primary N) is 1. The number of amides is 1. The first-order valence-electron chi connectivity index (χ1n) is 6.44. The molecule has 3 N–H and O–H groups in total. The lowest BCUT2D eigenvalue weighted by atomic mass is 10.1. The number of nitrogens with one attached hydrogen (secondary N) is 1. The third-order valence-corrected chi connectivity index (χ3v) is 3.97. The van der Waals surface area contributed by atoms with Crippen LogP contribution in [0.15, 0.2) is 34.8 Å². The van der Waals surface area contributed by atoms with Crippen LogP contribution in [0.5, 0.6) is 5.75 Å². The van der Waals surface area contributed by atoms with Crippen LogP contribution in [0.2, 0.25) is 0 Å². The maximum Gasteiger partial charge on any atom is 0.256 e. The lowest BCUT2D eigenvalue weighted by Crippen LogP contribution is -2.14. The average molecular weight is 349 g/mol. The first-order valence-corrected chi connectivity index (χ1v) is 7.23. The molecule has 110 valence electrons. The molecule has 1 amide bonds. The third kappa shape index (κ3) is 3.36. The number of hydrogen-bond donors (Lipinski definition) is 2. The molecule has 0 atom stereocenters. The maximum absolute atomic E-state index is 12.4. The van der Waals surface area contributed by atoms with Crippen LogP contribution >= 0.6 is 15.9 Å².